The highest BCUT2D eigenvalue weighted by Gasteiger charge is 2.27. The van der Waals surface area contributed by atoms with Crippen LogP contribution in [-0.4, -0.2) is 69.4 Å². The maximum atomic E-state index is 12.7. The Morgan fingerprint density at radius 3 is 2.33 bits per heavy atom. The zero-order valence-corrected chi connectivity index (χ0v) is 12.6. The highest BCUT2D eigenvalue weighted by molar-refractivity contribution is 6.04. The molecular formula is C15H20N2O4. The van der Waals surface area contributed by atoms with Gasteiger partial charge < -0.3 is 19.3 Å². The molecule has 1 saturated heterocycles. The second-order valence-corrected chi connectivity index (χ2v) is 4.98. The molecule has 114 valence electrons. The molecule has 1 fully saturated rings. The third-order valence-corrected chi connectivity index (χ3v) is 3.71. The number of rotatable bonds is 4. The molecule has 0 aliphatic carbocycles. The van der Waals surface area contributed by atoms with Gasteiger partial charge in [0.05, 0.1) is 19.8 Å². The van der Waals surface area contributed by atoms with Crippen molar-refractivity contribution in [3.05, 3.63) is 23.3 Å². The van der Waals surface area contributed by atoms with Crippen molar-refractivity contribution in [2.45, 2.75) is 0 Å². The quantitative estimate of drug-likeness (QED) is 0.772. The Morgan fingerprint density at radius 2 is 1.81 bits per heavy atom. The maximum Gasteiger partial charge on any atom is 0.258 e. The van der Waals surface area contributed by atoms with Gasteiger partial charge in [0.25, 0.3) is 5.91 Å². The molecule has 0 radical (unpaired) electrons. The number of nitrogens with zero attached hydrogens (tertiary/aromatic N) is 2. The highest BCUT2D eigenvalue weighted by atomic mass is 16.5. The minimum Gasteiger partial charge on any atom is -0.493 e. The number of hydrogen-bond acceptors (Lipinski definition) is 5. The summed E-state index contributed by atoms with van der Waals surface area (Å²) in [5.74, 6) is 0.563. The van der Waals surface area contributed by atoms with E-state index in [1.165, 1.54) is 14.2 Å². The Labute approximate surface area is 124 Å². The lowest BCUT2D eigenvalue weighted by atomic mass is 10.0. The third kappa shape index (κ3) is 3.00. The van der Waals surface area contributed by atoms with Gasteiger partial charge in [-0.25, -0.2) is 0 Å². The van der Waals surface area contributed by atoms with Crippen molar-refractivity contribution in [1.82, 2.24) is 9.80 Å². The van der Waals surface area contributed by atoms with E-state index in [1.807, 2.05) is 7.05 Å². The summed E-state index contributed by atoms with van der Waals surface area (Å²) in [5.41, 5.74) is 0.591. The molecule has 1 heterocycles. The minimum atomic E-state index is -0.194. The molecule has 1 aromatic rings. The van der Waals surface area contributed by atoms with Crippen LogP contribution in [0.4, 0.5) is 0 Å². The van der Waals surface area contributed by atoms with Crippen LogP contribution in [0.2, 0.25) is 0 Å². The van der Waals surface area contributed by atoms with E-state index in [4.69, 9.17) is 9.47 Å². The molecule has 1 amide bonds. The summed E-state index contributed by atoms with van der Waals surface area (Å²) in [4.78, 5) is 27.9. The van der Waals surface area contributed by atoms with E-state index in [-0.39, 0.29) is 11.5 Å². The number of hydrogen-bond donors (Lipinski definition) is 0. The van der Waals surface area contributed by atoms with Gasteiger partial charge in [-0.05, 0) is 19.2 Å². The summed E-state index contributed by atoms with van der Waals surface area (Å²) in [5, 5.41) is 0. The van der Waals surface area contributed by atoms with Crippen LogP contribution in [0, 0.1) is 0 Å². The van der Waals surface area contributed by atoms with Crippen molar-refractivity contribution in [2.75, 3.05) is 47.4 Å². The predicted octanol–water partition coefficient (Wildman–Crippen LogP) is 0.904. The Hall–Kier alpha value is -2.08. The summed E-state index contributed by atoms with van der Waals surface area (Å²) < 4.78 is 10.5. The summed E-state index contributed by atoms with van der Waals surface area (Å²) in [6, 6.07) is 3.21. The van der Waals surface area contributed by atoms with E-state index in [9.17, 15) is 9.59 Å². The van der Waals surface area contributed by atoms with Gasteiger partial charge in [0.1, 0.15) is 0 Å². The SMILES string of the molecule is COc1ccc(C=O)c(C(=O)N2CCN(C)CC2)c1OC. The molecule has 0 spiro atoms. The zero-order valence-electron chi connectivity index (χ0n) is 12.6. The van der Waals surface area contributed by atoms with Crippen LogP contribution in [0.1, 0.15) is 20.7 Å². The second kappa shape index (κ2) is 6.58. The summed E-state index contributed by atoms with van der Waals surface area (Å²) in [7, 11) is 4.99. The molecule has 0 aromatic heterocycles. The van der Waals surface area contributed by atoms with Crippen LogP contribution in [0.5, 0.6) is 11.5 Å². The number of methoxy groups -OCH3 is 2. The predicted molar refractivity (Wildman–Crippen MR) is 78.3 cm³/mol. The van der Waals surface area contributed by atoms with Crippen LogP contribution in [0.15, 0.2) is 12.1 Å². The average molecular weight is 292 g/mol. The fourth-order valence-electron chi connectivity index (χ4n) is 2.43. The van der Waals surface area contributed by atoms with Gasteiger partial charge in [0, 0.05) is 31.7 Å². The number of carbonyl (C=O) groups excluding carboxylic acids is 2. The number of amides is 1. The lowest BCUT2D eigenvalue weighted by molar-refractivity contribution is 0.0657. The van der Waals surface area contributed by atoms with E-state index in [2.05, 4.69) is 4.90 Å². The Balaban J connectivity index is 2.40. The van der Waals surface area contributed by atoms with Crippen LogP contribution < -0.4 is 9.47 Å². The number of aldehydes is 1. The van der Waals surface area contributed by atoms with Gasteiger partial charge in [-0.3, -0.25) is 9.59 Å². The number of benzene rings is 1. The molecule has 1 aliphatic rings. The zero-order chi connectivity index (χ0) is 15.4. The maximum absolute atomic E-state index is 12.7. The average Bonchev–Trinajstić information content (AvgIpc) is 2.53. The van der Waals surface area contributed by atoms with Crippen molar-refractivity contribution < 1.29 is 19.1 Å². The number of likely N-dealkylation sites (N-methyl/N-ethyl adjacent to an activating group) is 1. The van der Waals surface area contributed by atoms with Crippen molar-refractivity contribution in [3.8, 4) is 11.5 Å². The molecule has 6 nitrogen and oxygen atoms in total. The summed E-state index contributed by atoms with van der Waals surface area (Å²) >= 11 is 0. The van der Waals surface area contributed by atoms with E-state index >= 15 is 0 Å². The van der Waals surface area contributed by atoms with Gasteiger partial charge >= 0.3 is 0 Å². The first-order valence-corrected chi connectivity index (χ1v) is 6.80. The van der Waals surface area contributed by atoms with E-state index < -0.39 is 0 Å². The van der Waals surface area contributed by atoms with Crippen LogP contribution in [0.3, 0.4) is 0 Å². The fraction of sp³-hybridized carbons (Fsp3) is 0.467. The molecule has 0 N–H and O–H groups in total. The standard InChI is InChI=1S/C15H20N2O4/c1-16-6-8-17(9-7-16)15(19)13-11(10-18)4-5-12(20-2)14(13)21-3/h4-5,10H,6-9H2,1-3H3. The van der Waals surface area contributed by atoms with Crippen LogP contribution in [0.25, 0.3) is 0 Å². The largest absolute Gasteiger partial charge is 0.493 e. The number of carbonyl (C=O) groups is 2. The Bertz CT molecular complexity index is 537. The topological polar surface area (TPSA) is 59.1 Å². The molecule has 21 heavy (non-hydrogen) atoms. The number of piperazine rings is 1. The van der Waals surface area contributed by atoms with E-state index in [0.717, 1.165) is 13.1 Å². The Morgan fingerprint density at radius 1 is 1.14 bits per heavy atom. The molecule has 0 bridgehead atoms. The van der Waals surface area contributed by atoms with E-state index in [0.29, 0.717) is 36.4 Å². The highest BCUT2D eigenvalue weighted by Crippen LogP contribution is 2.34. The normalized spacial score (nSPS) is 15.7. The molecule has 0 saturated carbocycles. The molecular weight excluding hydrogens is 272 g/mol. The lowest BCUT2D eigenvalue weighted by Gasteiger charge is -2.33. The summed E-state index contributed by atoms with van der Waals surface area (Å²) in [6.45, 7) is 2.89. The van der Waals surface area contributed by atoms with Crippen LogP contribution in [-0.2, 0) is 0 Å². The molecule has 0 atom stereocenters. The van der Waals surface area contributed by atoms with Crippen molar-refractivity contribution in [3.63, 3.8) is 0 Å². The third-order valence-electron chi connectivity index (χ3n) is 3.71. The first kappa shape index (κ1) is 15.3. The first-order chi connectivity index (χ1) is 10.1. The van der Waals surface area contributed by atoms with Gasteiger partial charge in [-0.15, -0.1) is 0 Å². The van der Waals surface area contributed by atoms with Crippen molar-refractivity contribution in [2.24, 2.45) is 0 Å². The minimum absolute atomic E-state index is 0.194. The van der Waals surface area contributed by atoms with Crippen molar-refractivity contribution >= 4 is 12.2 Å². The molecule has 1 aliphatic heterocycles. The fourth-order valence-corrected chi connectivity index (χ4v) is 2.43. The number of ether oxygens (including phenoxy) is 2. The van der Waals surface area contributed by atoms with E-state index in [1.54, 1.807) is 17.0 Å². The van der Waals surface area contributed by atoms with Gasteiger partial charge in [-0.1, -0.05) is 0 Å². The second-order valence-electron chi connectivity index (χ2n) is 4.98. The van der Waals surface area contributed by atoms with Gasteiger partial charge in [0.2, 0.25) is 0 Å². The Kier molecular flexibility index (Phi) is 4.80. The molecule has 2 rings (SSSR count). The van der Waals surface area contributed by atoms with Crippen LogP contribution >= 0.6 is 0 Å². The monoisotopic (exact) mass is 292 g/mol. The smallest absolute Gasteiger partial charge is 0.258 e. The summed E-state index contributed by atoms with van der Waals surface area (Å²) in [6.07, 6.45) is 0.672. The molecule has 6 heteroatoms. The van der Waals surface area contributed by atoms with Gasteiger partial charge in [-0.2, -0.15) is 0 Å². The van der Waals surface area contributed by atoms with Crippen molar-refractivity contribution in [1.29, 1.82) is 0 Å². The first-order valence-electron chi connectivity index (χ1n) is 6.80. The lowest BCUT2D eigenvalue weighted by Crippen LogP contribution is -2.47. The molecule has 1 aromatic carbocycles. The van der Waals surface area contributed by atoms with Gasteiger partial charge in [0.15, 0.2) is 17.8 Å². The molecule has 0 unspecified atom stereocenters.